The molecule has 2 N–H and O–H groups in total. The van der Waals surface area contributed by atoms with Gasteiger partial charge in [0.25, 0.3) is 5.56 Å². The molecule has 0 radical (unpaired) electrons. The van der Waals surface area contributed by atoms with Gasteiger partial charge < -0.3 is 15.0 Å². The average Bonchev–Trinajstić information content (AvgIpc) is 2.38. The summed E-state index contributed by atoms with van der Waals surface area (Å²) in [5.41, 5.74) is -3.95. The van der Waals surface area contributed by atoms with Crippen LogP contribution in [0, 0.1) is 0 Å². The summed E-state index contributed by atoms with van der Waals surface area (Å²) >= 11 is 0. The molecule has 2 rings (SSSR count). The minimum atomic E-state index is -1.84. The Bertz CT molecular complexity index is 671. The molecular weight excluding hydrogens is 291 g/mol. The Morgan fingerprint density at radius 1 is 1.19 bits per heavy atom. The number of hydrogen-bond donors (Lipinski definition) is 2. The van der Waals surface area contributed by atoms with Crippen molar-refractivity contribution in [1.29, 1.82) is 0 Å². The number of aromatic amines is 1. The molecule has 21 heavy (non-hydrogen) atoms. The Labute approximate surface area is 141 Å². The maximum Gasteiger partial charge on any atom is 1.00 e. The van der Waals surface area contributed by atoms with Crippen molar-refractivity contribution in [3.8, 4) is 0 Å². The summed E-state index contributed by atoms with van der Waals surface area (Å²) in [6.07, 6.45) is 3.72. The second-order valence-corrected chi connectivity index (χ2v) is 4.74. The van der Waals surface area contributed by atoms with Crippen LogP contribution in [0.4, 0.5) is 0 Å². The molecule has 0 aliphatic heterocycles. The molecule has 1 fully saturated rings. The zero-order valence-corrected chi connectivity index (χ0v) is 13.5. The predicted molar refractivity (Wildman–Crippen MR) is 64.7 cm³/mol. The van der Waals surface area contributed by atoms with E-state index in [0.717, 1.165) is 23.8 Å². The fourth-order valence-electron chi connectivity index (χ4n) is 2.64. The van der Waals surface area contributed by atoms with Crippen LogP contribution in [0.2, 0.25) is 0 Å². The van der Waals surface area contributed by atoms with Gasteiger partial charge in [0, 0.05) is 6.04 Å². The van der Waals surface area contributed by atoms with E-state index < -0.39 is 40.5 Å². The third-order valence-corrected chi connectivity index (χ3v) is 3.49. The van der Waals surface area contributed by atoms with Crippen molar-refractivity contribution >= 4 is 11.9 Å². The van der Waals surface area contributed by atoms with Crippen molar-refractivity contribution in [1.82, 2.24) is 9.55 Å². The summed E-state index contributed by atoms with van der Waals surface area (Å²) in [5, 5.41) is 20.2. The number of carbonyl (C=O) groups is 2. The number of carboxylic acids is 2. The number of hydrogen-bond acceptors (Lipinski definition) is 5. The number of rotatable bonds is 3. The summed E-state index contributed by atoms with van der Waals surface area (Å²) in [6, 6.07) is -0.431. The first kappa shape index (κ1) is 17.7. The topological polar surface area (TPSA) is 132 Å². The van der Waals surface area contributed by atoms with E-state index in [1.165, 1.54) is 0 Å². The van der Waals surface area contributed by atoms with Gasteiger partial charge in [-0.2, -0.15) is 0 Å². The predicted octanol–water partition coefficient (Wildman–Crippen LogP) is -3.89. The summed E-state index contributed by atoms with van der Waals surface area (Å²) in [4.78, 5) is 47.5. The van der Waals surface area contributed by atoms with Crippen LogP contribution in [0.15, 0.2) is 9.59 Å². The van der Waals surface area contributed by atoms with Gasteiger partial charge in [-0.05, 0) is 12.8 Å². The second-order valence-electron chi connectivity index (χ2n) is 4.74. The molecule has 8 nitrogen and oxygen atoms in total. The van der Waals surface area contributed by atoms with Crippen LogP contribution < -0.4 is 45.9 Å². The summed E-state index contributed by atoms with van der Waals surface area (Å²) in [7, 11) is 0. The normalized spacial score (nSPS) is 15.2. The standard InChI is InChI=1S/C12H14N2O6.Na/c15-9-7(10(16)17)8(11(18)19)14(12(20)13-9)6-4-2-1-3-5-6;/h6H,1-5H2,(H,16,17)(H,18,19)(H,13,15,20);/q;+1/p-1. The van der Waals surface area contributed by atoms with Crippen LogP contribution in [0.5, 0.6) is 0 Å². The van der Waals surface area contributed by atoms with E-state index in [9.17, 15) is 24.3 Å². The first-order valence-corrected chi connectivity index (χ1v) is 6.27. The number of carbonyl (C=O) groups excluding carboxylic acids is 1. The number of aromatic nitrogens is 2. The molecule has 0 atom stereocenters. The van der Waals surface area contributed by atoms with E-state index in [0.29, 0.717) is 12.8 Å². The Kier molecular flexibility index (Phi) is 5.94. The molecule has 0 unspecified atom stereocenters. The smallest absolute Gasteiger partial charge is 0.543 e. The Morgan fingerprint density at radius 3 is 2.24 bits per heavy atom. The van der Waals surface area contributed by atoms with Crippen LogP contribution >= 0.6 is 0 Å². The van der Waals surface area contributed by atoms with E-state index in [2.05, 4.69) is 0 Å². The minimum absolute atomic E-state index is 0. The minimum Gasteiger partial charge on any atom is -0.543 e. The summed E-state index contributed by atoms with van der Waals surface area (Å²) < 4.78 is 0.847. The van der Waals surface area contributed by atoms with Gasteiger partial charge in [-0.15, -0.1) is 0 Å². The summed E-state index contributed by atoms with van der Waals surface area (Å²) in [5.74, 6) is -3.54. The maximum absolute atomic E-state index is 11.9. The largest absolute Gasteiger partial charge is 1.00 e. The van der Waals surface area contributed by atoms with Gasteiger partial charge in [0.1, 0.15) is 0 Å². The number of nitrogens with zero attached hydrogens (tertiary/aromatic N) is 1. The quantitative estimate of drug-likeness (QED) is 0.549. The van der Waals surface area contributed by atoms with Crippen molar-refractivity contribution in [2.45, 2.75) is 38.1 Å². The molecule has 0 saturated heterocycles. The van der Waals surface area contributed by atoms with E-state index >= 15 is 0 Å². The zero-order chi connectivity index (χ0) is 14.9. The molecule has 1 saturated carbocycles. The fourth-order valence-corrected chi connectivity index (χ4v) is 2.64. The van der Waals surface area contributed by atoms with E-state index in [1.807, 2.05) is 4.98 Å². The van der Waals surface area contributed by atoms with E-state index in [1.54, 1.807) is 0 Å². The van der Waals surface area contributed by atoms with Crippen LogP contribution in [0.3, 0.4) is 0 Å². The first-order chi connectivity index (χ1) is 9.43. The van der Waals surface area contributed by atoms with Crippen molar-refractivity contribution in [2.75, 3.05) is 0 Å². The van der Waals surface area contributed by atoms with Crippen LogP contribution in [-0.2, 0) is 0 Å². The Morgan fingerprint density at radius 2 is 1.76 bits per heavy atom. The zero-order valence-electron chi connectivity index (χ0n) is 11.5. The van der Waals surface area contributed by atoms with Crippen molar-refractivity contribution in [3.63, 3.8) is 0 Å². The maximum atomic E-state index is 11.9. The van der Waals surface area contributed by atoms with Crippen molar-refractivity contribution in [2.24, 2.45) is 0 Å². The van der Waals surface area contributed by atoms with Gasteiger partial charge in [-0.25, -0.2) is 9.59 Å². The second kappa shape index (κ2) is 7.06. The molecule has 0 aromatic carbocycles. The molecule has 1 aromatic rings. The molecule has 1 aliphatic rings. The molecule has 1 aromatic heterocycles. The number of nitrogens with one attached hydrogen (secondary N) is 1. The molecule has 0 bridgehead atoms. The first-order valence-electron chi connectivity index (χ1n) is 6.27. The summed E-state index contributed by atoms with van der Waals surface area (Å²) in [6.45, 7) is 0. The SMILES string of the molecule is O=C(O)c1c(C(=O)[O-])n(C2CCCCC2)c(=O)[nH]c1=O.[Na+]. The molecule has 0 spiro atoms. The molecular formula is C12H13N2NaO6. The van der Waals surface area contributed by atoms with Crippen LogP contribution in [0.25, 0.3) is 0 Å². The number of aromatic carboxylic acids is 2. The Balaban J connectivity index is 0.00000220. The third kappa shape index (κ3) is 3.45. The van der Waals surface area contributed by atoms with Crippen molar-refractivity contribution < 1.29 is 49.4 Å². The van der Waals surface area contributed by atoms with Gasteiger partial charge >= 0.3 is 41.2 Å². The van der Waals surface area contributed by atoms with E-state index in [4.69, 9.17) is 5.11 Å². The van der Waals surface area contributed by atoms with Crippen LogP contribution in [0.1, 0.15) is 59.0 Å². The van der Waals surface area contributed by atoms with Crippen LogP contribution in [-0.4, -0.2) is 26.6 Å². The number of H-pyrrole nitrogens is 1. The third-order valence-electron chi connectivity index (χ3n) is 3.49. The fraction of sp³-hybridized carbons (Fsp3) is 0.500. The molecule has 108 valence electrons. The average molecular weight is 304 g/mol. The Hall–Kier alpha value is -1.38. The molecule has 9 heteroatoms. The molecule has 0 amide bonds. The van der Waals surface area contributed by atoms with Gasteiger partial charge in [-0.1, -0.05) is 19.3 Å². The monoisotopic (exact) mass is 304 g/mol. The van der Waals surface area contributed by atoms with Gasteiger partial charge in [0.15, 0.2) is 5.56 Å². The van der Waals surface area contributed by atoms with Gasteiger partial charge in [-0.3, -0.25) is 14.3 Å². The van der Waals surface area contributed by atoms with Crippen molar-refractivity contribution in [3.05, 3.63) is 32.1 Å². The number of carboxylic acid groups (broad SMARTS) is 2. The molecule has 1 heterocycles. The van der Waals surface area contributed by atoms with E-state index in [-0.39, 0.29) is 29.6 Å². The van der Waals surface area contributed by atoms with Gasteiger partial charge in [0.2, 0.25) is 0 Å². The van der Waals surface area contributed by atoms with Gasteiger partial charge in [0.05, 0.1) is 11.7 Å². The molecule has 1 aliphatic carbocycles.